The summed E-state index contributed by atoms with van der Waals surface area (Å²) in [5.41, 5.74) is 7.53. The number of benzene rings is 1. The zero-order valence-electron chi connectivity index (χ0n) is 17.7. The Hall–Kier alpha value is -2.76. The van der Waals surface area contributed by atoms with E-state index >= 15 is 0 Å². The molecule has 1 saturated carbocycles. The number of hydrogen-bond acceptors (Lipinski definition) is 6. The first kappa shape index (κ1) is 24.9. The molecule has 1 fully saturated rings. The molecule has 0 bridgehead atoms. The second-order valence-corrected chi connectivity index (χ2v) is 8.23. The van der Waals surface area contributed by atoms with Gasteiger partial charge in [-0.05, 0) is 24.6 Å². The second kappa shape index (κ2) is 10.0. The number of aryl methyl sites for hydroxylation is 1. The predicted octanol–water partition coefficient (Wildman–Crippen LogP) is 3.38. The highest BCUT2D eigenvalue weighted by atomic mass is 35.5. The van der Waals surface area contributed by atoms with E-state index in [9.17, 15) is 13.6 Å². The average molecular weight is 496 g/mol. The predicted molar refractivity (Wildman–Crippen MR) is 127 cm³/mol. The van der Waals surface area contributed by atoms with E-state index in [1.54, 1.807) is 35.9 Å². The van der Waals surface area contributed by atoms with Crippen molar-refractivity contribution in [3.8, 4) is 5.82 Å². The molecule has 8 nitrogen and oxygen atoms in total. The lowest BCUT2D eigenvalue weighted by molar-refractivity contribution is -0.0794. The molecule has 176 valence electrons. The van der Waals surface area contributed by atoms with Crippen molar-refractivity contribution in [2.45, 2.75) is 37.8 Å². The van der Waals surface area contributed by atoms with Gasteiger partial charge in [-0.25, -0.2) is 18.7 Å². The van der Waals surface area contributed by atoms with Gasteiger partial charge in [-0.15, -0.1) is 0 Å². The molecular weight excluding hydrogens is 472 g/mol. The highest BCUT2D eigenvalue weighted by molar-refractivity contribution is 7.59. The van der Waals surface area contributed by atoms with Gasteiger partial charge in [-0.2, -0.15) is 18.5 Å². The second-order valence-electron chi connectivity index (χ2n) is 7.79. The number of carbonyl (C=O) groups excluding carboxylic acids is 1. The van der Waals surface area contributed by atoms with Crippen molar-refractivity contribution >= 4 is 37.0 Å². The molecule has 1 atom stereocenters. The molecular formula is C21H24ClF2N7OS. The summed E-state index contributed by atoms with van der Waals surface area (Å²) in [5.74, 6) is -2.30. The highest BCUT2D eigenvalue weighted by Gasteiger charge is 2.45. The van der Waals surface area contributed by atoms with Gasteiger partial charge in [0.15, 0.2) is 0 Å². The molecule has 33 heavy (non-hydrogen) atoms. The third kappa shape index (κ3) is 5.79. The van der Waals surface area contributed by atoms with Crippen LogP contribution in [0.4, 0.5) is 14.7 Å². The lowest BCUT2D eigenvalue weighted by Gasteiger charge is -2.35. The fourth-order valence-corrected chi connectivity index (χ4v) is 3.70. The molecule has 1 aromatic carbocycles. The van der Waals surface area contributed by atoms with E-state index in [0.29, 0.717) is 10.8 Å². The maximum atomic E-state index is 13.1. The SMILES string of the molecule is Cc1cnc(NC2CC(F)(F)C2)nc1-n1cnc(C(=O)N[C@H](CN)c2cccc(Cl)c2)c1.S. The van der Waals surface area contributed by atoms with Crippen molar-refractivity contribution in [1.82, 2.24) is 24.8 Å². The van der Waals surface area contributed by atoms with E-state index in [4.69, 9.17) is 17.3 Å². The van der Waals surface area contributed by atoms with Crippen LogP contribution in [0.15, 0.2) is 43.0 Å². The van der Waals surface area contributed by atoms with Crippen molar-refractivity contribution < 1.29 is 13.6 Å². The zero-order chi connectivity index (χ0) is 22.9. The molecule has 1 amide bonds. The Kier molecular flexibility index (Phi) is 7.55. The Labute approximate surface area is 201 Å². The standard InChI is InChI=1S/C21H22ClF2N7O.H2S/c1-12-9-26-20(28-15-6-21(23,24)7-15)30-18(12)31-10-17(27-11-31)19(32)29-16(8-25)13-3-2-4-14(22)5-13;/h2-5,9-11,15-16H,6-8,25H2,1H3,(H,29,32)(H,26,28,30);1H2/t16-;/m1./s1. The number of nitrogens with one attached hydrogen (secondary N) is 2. The van der Waals surface area contributed by atoms with Gasteiger partial charge in [0.25, 0.3) is 11.8 Å². The minimum absolute atomic E-state index is 0. The molecule has 2 aromatic heterocycles. The lowest BCUT2D eigenvalue weighted by Crippen LogP contribution is -2.44. The summed E-state index contributed by atoms with van der Waals surface area (Å²) in [6.45, 7) is 1.99. The number of aromatic nitrogens is 4. The number of anilines is 1. The number of halogens is 3. The first-order chi connectivity index (χ1) is 15.2. The third-order valence-corrected chi connectivity index (χ3v) is 5.46. The quantitative estimate of drug-likeness (QED) is 0.463. The number of nitrogens with zero attached hydrogens (tertiary/aromatic N) is 4. The van der Waals surface area contributed by atoms with E-state index in [0.717, 1.165) is 11.1 Å². The monoisotopic (exact) mass is 495 g/mol. The van der Waals surface area contributed by atoms with Crippen LogP contribution < -0.4 is 16.4 Å². The van der Waals surface area contributed by atoms with Gasteiger partial charge in [-0.1, -0.05) is 23.7 Å². The molecule has 4 rings (SSSR count). The van der Waals surface area contributed by atoms with Crippen LogP contribution in [0.3, 0.4) is 0 Å². The van der Waals surface area contributed by atoms with Crippen LogP contribution in [-0.2, 0) is 0 Å². The Morgan fingerprint density at radius 2 is 2.12 bits per heavy atom. The van der Waals surface area contributed by atoms with Crippen LogP contribution in [-0.4, -0.2) is 43.9 Å². The number of amides is 1. The number of nitrogens with two attached hydrogens (primary N) is 1. The first-order valence-electron chi connectivity index (χ1n) is 10.0. The van der Waals surface area contributed by atoms with Crippen LogP contribution in [0.1, 0.15) is 40.5 Å². The first-order valence-corrected chi connectivity index (χ1v) is 10.4. The summed E-state index contributed by atoms with van der Waals surface area (Å²) in [7, 11) is 0. The minimum atomic E-state index is -2.63. The van der Waals surface area contributed by atoms with E-state index in [1.807, 2.05) is 6.07 Å². The minimum Gasteiger partial charge on any atom is -0.351 e. The molecule has 0 saturated heterocycles. The smallest absolute Gasteiger partial charge is 0.272 e. The summed E-state index contributed by atoms with van der Waals surface area (Å²) in [4.78, 5) is 25.5. The fraction of sp³-hybridized carbons (Fsp3) is 0.333. The molecule has 0 spiro atoms. The molecule has 3 aromatic rings. The molecule has 0 radical (unpaired) electrons. The van der Waals surface area contributed by atoms with Gasteiger partial charge in [-0.3, -0.25) is 9.36 Å². The van der Waals surface area contributed by atoms with E-state index in [2.05, 4.69) is 25.6 Å². The van der Waals surface area contributed by atoms with Crippen LogP contribution >= 0.6 is 25.1 Å². The summed E-state index contributed by atoms with van der Waals surface area (Å²) in [6.07, 6.45) is 4.10. The molecule has 2 heterocycles. The molecule has 1 aliphatic carbocycles. The van der Waals surface area contributed by atoms with E-state index in [1.165, 1.54) is 12.5 Å². The molecule has 4 N–H and O–H groups in total. The molecule has 0 aliphatic heterocycles. The maximum Gasteiger partial charge on any atom is 0.272 e. The van der Waals surface area contributed by atoms with Gasteiger partial charge in [0, 0.05) is 48.4 Å². The number of imidazole rings is 1. The number of rotatable bonds is 7. The Balaban J connectivity index is 0.00000306. The summed E-state index contributed by atoms with van der Waals surface area (Å²) in [6, 6.07) is 6.31. The van der Waals surface area contributed by atoms with Gasteiger partial charge < -0.3 is 16.4 Å². The van der Waals surface area contributed by atoms with Crippen molar-refractivity contribution in [1.29, 1.82) is 0 Å². The normalized spacial score (nSPS) is 15.8. The van der Waals surface area contributed by atoms with Crippen LogP contribution in [0.25, 0.3) is 5.82 Å². The van der Waals surface area contributed by atoms with E-state index in [-0.39, 0.29) is 50.6 Å². The van der Waals surface area contributed by atoms with Gasteiger partial charge in [0.05, 0.1) is 6.04 Å². The zero-order valence-corrected chi connectivity index (χ0v) is 19.5. The Morgan fingerprint density at radius 3 is 2.79 bits per heavy atom. The van der Waals surface area contributed by atoms with Gasteiger partial charge in [0.1, 0.15) is 17.8 Å². The van der Waals surface area contributed by atoms with E-state index < -0.39 is 17.9 Å². The highest BCUT2D eigenvalue weighted by Crippen LogP contribution is 2.38. The van der Waals surface area contributed by atoms with Crippen LogP contribution in [0, 0.1) is 6.92 Å². The van der Waals surface area contributed by atoms with Gasteiger partial charge >= 0.3 is 0 Å². The summed E-state index contributed by atoms with van der Waals surface area (Å²) < 4.78 is 27.7. The van der Waals surface area contributed by atoms with Crippen LogP contribution in [0.2, 0.25) is 5.02 Å². The van der Waals surface area contributed by atoms with Crippen LogP contribution in [0.5, 0.6) is 0 Å². The van der Waals surface area contributed by atoms with Crippen molar-refractivity contribution in [3.05, 3.63) is 64.8 Å². The summed E-state index contributed by atoms with van der Waals surface area (Å²) >= 11 is 6.03. The molecule has 12 heteroatoms. The number of carbonyl (C=O) groups is 1. The largest absolute Gasteiger partial charge is 0.351 e. The lowest BCUT2D eigenvalue weighted by atomic mass is 9.88. The fourth-order valence-electron chi connectivity index (χ4n) is 3.50. The number of hydrogen-bond donors (Lipinski definition) is 3. The molecule has 0 unspecified atom stereocenters. The Bertz CT molecular complexity index is 1140. The third-order valence-electron chi connectivity index (χ3n) is 5.22. The Morgan fingerprint density at radius 1 is 1.36 bits per heavy atom. The topological polar surface area (TPSA) is 111 Å². The van der Waals surface area contributed by atoms with Crippen molar-refractivity contribution in [2.75, 3.05) is 11.9 Å². The summed E-state index contributed by atoms with van der Waals surface area (Å²) in [5, 5.41) is 6.32. The van der Waals surface area contributed by atoms with Crippen molar-refractivity contribution in [2.24, 2.45) is 5.73 Å². The number of alkyl halides is 2. The van der Waals surface area contributed by atoms with Crippen molar-refractivity contribution in [3.63, 3.8) is 0 Å². The average Bonchev–Trinajstić information content (AvgIpc) is 3.22. The van der Waals surface area contributed by atoms with Gasteiger partial charge in [0.2, 0.25) is 5.95 Å². The molecule has 1 aliphatic rings. The maximum absolute atomic E-state index is 13.1.